The summed E-state index contributed by atoms with van der Waals surface area (Å²) >= 11 is 0. The smallest absolute Gasteiger partial charge is 0.248 e. The summed E-state index contributed by atoms with van der Waals surface area (Å²) in [7, 11) is 1.57. The number of carbonyl (C=O) groups is 2. The van der Waals surface area contributed by atoms with E-state index in [1.54, 1.807) is 24.1 Å². The summed E-state index contributed by atoms with van der Waals surface area (Å²) in [4.78, 5) is 26.2. The van der Waals surface area contributed by atoms with Gasteiger partial charge in [-0.25, -0.2) is 4.39 Å². The first-order chi connectivity index (χ1) is 11.5. The lowest BCUT2D eigenvalue weighted by Gasteiger charge is -2.41. The molecule has 1 aliphatic heterocycles. The third-order valence-electron chi connectivity index (χ3n) is 4.27. The highest BCUT2D eigenvalue weighted by molar-refractivity contribution is 5.90. The van der Waals surface area contributed by atoms with Gasteiger partial charge in [0, 0.05) is 32.4 Å². The number of piperidine rings is 1. The molecule has 132 valence electrons. The second-order valence-corrected chi connectivity index (χ2v) is 5.81. The highest BCUT2D eigenvalue weighted by atomic mass is 19.1. The fourth-order valence-corrected chi connectivity index (χ4v) is 2.91. The molecule has 6 nitrogen and oxygen atoms in total. The number of hydrogen-bond donors (Lipinski definition) is 2. The first-order valence-corrected chi connectivity index (χ1v) is 8.12. The van der Waals surface area contributed by atoms with Crippen LogP contribution in [0.3, 0.4) is 0 Å². The fraction of sp³-hybridized carbons (Fsp3) is 0.529. The summed E-state index contributed by atoms with van der Waals surface area (Å²) in [5, 5.41) is 5.83. The normalized spacial score (nSPS) is 16.5. The molecule has 0 radical (unpaired) electrons. The third-order valence-corrected chi connectivity index (χ3v) is 4.27. The van der Waals surface area contributed by atoms with Crippen LogP contribution in [0.5, 0.6) is 0 Å². The predicted octanol–water partition coefficient (Wildman–Crippen LogP) is 1.38. The molecule has 1 aromatic rings. The van der Waals surface area contributed by atoms with E-state index in [2.05, 4.69) is 10.6 Å². The van der Waals surface area contributed by atoms with Gasteiger partial charge >= 0.3 is 0 Å². The molecule has 2 N–H and O–H groups in total. The van der Waals surface area contributed by atoms with Gasteiger partial charge in [0.25, 0.3) is 0 Å². The van der Waals surface area contributed by atoms with E-state index in [1.165, 1.54) is 12.1 Å². The molecule has 24 heavy (non-hydrogen) atoms. The molecule has 1 aliphatic rings. The Balaban J connectivity index is 2.08. The number of amides is 2. The Morgan fingerprint density at radius 2 is 2.04 bits per heavy atom. The Kier molecular flexibility index (Phi) is 6.14. The number of nitrogens with one attached hydrogen (secondary N) is 2. The zero-order chi connectivity index (χ0) is 17.6. The van der Waals surface area contributed by atoms with Crippen molar-refractivity contribution in [2.45, 2.75) is 25.3 Å². The molecular weight excluding hydrogens is 313 g/mol. The second-order valence-electron chi connectivity index (χ2n) is 5.81. The van der Waals surface area contributed by atoms with E-state index < -0.39 is 5.54 Å². The Morgan fingerprint density at radius 3 is 2.62 bits per heavy atom. The fourth-order valence-electron chi connectivity index (χ4n) is 2.91. The molecule has 0 unspecified atom stereocenters. The summed E-state index contributed by atoms with van der Waals surface area (Å²) in [6.45, 7) is 3.27. The third kappa shape index (κ3) is 4.23. The summed E-state index contributed by atoms with van der Waals surface area (Å²) < 4.78 is 18.6. The Hall–Kier alpha value is -2.15. The van der Waals surface area contributed by atoms with Gasteiger partial charge < -0.3 is 20.3 Å². The molecule has 0 aromatic heterocycles. The van der Waals surface area contributed by atoms with Gasteiger partial charge in [-0.2, -0.15) is 0 Å². The van der Waals surface area contributed by atoms with Crippen LogP contribution in [0.2, 0.25) is 0 Å². The van der Waals surface area contributed by atoms with E-state index in [9.17, 15) is 14.0 Å². The minimum Gasteiger partial charge on any atom is -0.372 e. The lowest BCUT2D eigenvalue weighted by Crippen LogP contribution is -2.58. The molecule has 0 atom stereocenters. The van der Waals surface area contributed by atoms with Gasteiger partial charge in [0.05, 0.1) is 0 Å². The standard InChI is InChI=1S/C17H24FN3O3/c1-3-24-12-15(22)21-9-7-17(8-10-21,16(23)19-2)20-14-6-4-5-13(18)11-14/h4-6,11,20H,3,7-10,12H2,1-2H3,(H,19,23). The van der Waals surface area contributed by atoms with Crippen molar-refractivity contribution >= 4 is 17.5 Å². The van der Waals surface area contributed by atoms with Crippen molar-refractivity contribution < 1.29 is 18.7 Å². The zero-order valence-corrected chi connectivity index (χ0v) is 14.1. The number of halogens is 1. The SMILES string of the molecule is CCOCC(=O)N1CCC(Nc2cccc(F)c2)(C(=O)NC)CC1. The summed E-state index contributed by atoms with van der Waals surface area (Å²) in [6.07, 6.45) is 0.891. The molecule has 0 bridgehead atoms. The van der Waals surface area contributed by atoms with E-state index in [4.69, 9.17) is 4.74 Å². The molecular formula is C17H24FN3O3. The van der Waals surface area contributed by atoms with Crippen molar-refractivity contribution in [3.8, 4) is 0 Å². The molecule has 0 spiro atoms. The lowest BCUT2D eigenvalue weighted by atomic mass is 9.86. The van der Waals surface area contributed by atoms with Gasteiger partial charge in [-0.3, -0.25) is 9.59 Å². The van der Waals surface area contributed by atoms with Gasteiger partial charge in [0.2, 0.25) is 11.8 Å². The van der Waals surface area contributed by atoms with E-state index >= 15 is 0 Å². The van der Waals surface area contributed by atoms with Crippen LogP contribution in [-0.4, -0.2) is 55.6 Å². The van der Waals surface area contributed by atoms with Crippen LogP contribution in [0.15, 0.2) is 24.3 Å². The zero-order valence-electron chi connectivity index (χ0n) is 14.1. The number of hydrogen-bond acceptors (Lipinski definition) is 4. The average molecular weight is 337 g/mol. The van der Waals surface area contributed by atoms with E-state index in [1.807, 2.05) is 6.92 Å². The highest BCUT2D eigenvalue weighted by Crippen LogP contribution is 2.28. The largest absolute Gasteiger partial charge is 0.372 e. The van der Waals surface area contributed by atoms with Crippen molar-refractivity contribution in [3.05, 3.63) is 30.1 Å². The molecule has 1 heterocycles. The molecule has 0 saturated carbocycles. The molecule has 1 aromatic carbocycles. The van der Waals surface area contributed by atoms with Gasteiger partial charge in [0.1, 0.15) is 18.0 Å². The predicted molar refractivity (Wildman–Crippen MR) is 89.1 cm³/mol. The number of ether oxygens (including phenoxy) is 1. The minimum absolute atomic E-state index is 0.0563. The maximum Gasteiger partial charge on any atom is 0.248 e. The molecule has 2 amide bonds. The van der Waals surface area contributed by atoms with Crippen molar-refractivity contribution in [1.82, 2.24) is 10.2 Å². The highest BCUT2D eigenvalue weighted by Gasteiger charge is 2.41. The Bertz CT molecular complexity index is 586. The quantitative estimate of drug-likeness (QED) is 0.823. The molecule has 1 saturated heterocycles. The van der Waals surface area contributed by atoms with Gasteiger partial charge in [0.15, 0.2) is 0 Å². The second kappa shape index (κ2) is 8.10. The number of anilines is 1. The van der Waals surface area contributed by atoms with Crippen LogP contribution in [0.1, 0.15) is 19.8 Å². The van der Waals surface area contributed by atoms with Crippen LogP contribution >= 0.6 is 0 Å². The van der Waals surface area contributed by atoms with E-state index in [-0.39, 0.29) is 24.2 Å². The molecule has 2 rings (SSSR count). The van der Waals surface area contributed by atoms with Crippen LogP contribution in [0.25, 0.3) is 0 Å². The van der Waals surface area contributed by atoms with E-state index in [0.717, 1.165) is 0 Å². The van der Waals surface area contributed by atoms with Crippen LogP contribution < -0.4 is 10.6 Å². The Labute approximate surface area is 141 Å². The lowest BCUT2D eigenvalue weighted by molar-refractivity contribution is -0.139. The number of likely N-dealkylation sites (N-methyl/N-ethyl adjacent to an activating group) is 1. The van der Waals surface area contributed by atoms with Crippen molar-refractivity contribution in [2.24, 2.45) is 0 Å². The summed E-state index contributed by atoms with van der Waals surface area (Å²) in [6, 6.07) is 6.03. The molecule has 7 heteroatoms. The topological polar surface area (TPSA) is 70.7 Å². The van der Waals surface area contributed by atoms with Crippen LogP contribution in [0, 0.1) is 5.82 Å². The number of rotatable bonds is 6. The maximum atomic E-state index is 13.4. The van der Waals surface area contributed by atoms with Gasteiger partial charge in [-0.05, 0) is 38.0 Å². The first-order valence-electron chi connectivity index (χ1n) is 8.12. The number of benzene rings is 1. The van der Waals surface area contributed by atoms with Crippen molar-refractivity contribution in [1.29, 1.82) is 0 Å². The van der Waals surface area contributed by atoms with Crippen LogP contribution in [-0.2, 0) is 14.3 Å². The van der Waals surface area contributed by atoms with Crippen LogP contribution in [0.4, 0.5) is 10.1 Å². The minimum atomic E-state index is -0.856. The van der Waals surface area contributed by atoms with Crippen molar-refractivity contribution in [3.63, 3.8) is 0 Å². The van der Waals surface area contributed by atoms with E-state index in [0.29, 0.717) is 38.2 Å². The number of likely N-dealkylation sites (tertiary alicyclic amines) is 1. The number of nitrogens with zero attached hydrogens (tertiary/aromatic N) is 1. The number of carbonyl (C=O) groups excluding carboxylic acids is 2. The molecule has 0 aliphatic carbocycles. The first kappa shape index (κ1) is 18.2. The monoisotopic (exact) mass is 337 g/mol. The molecule has 1 fully saturated rings. The maximum absolute atomic E-state index is 13.4. The Morgan fingerprint density at radius 1 is 1.33 bits per heavy atom. The van der Waals surface area contributed by atoms with Gasteiger partial charge in [-0.15, -0.1) is 0 Å². The van der Waals surface area contributed by atoms with Crippen molar-refractivity contribution in [2.75, 3.05) is 38.7 Å². The summed E-state index contributed by atoms with van der Waals surface area (Å²) in [5.41, 5.74) is -0.307. The summed E-state index contributed by atoms with van der Waals surface area (Å²) in [5.74, 6) is -0.604. The average Bonchev–Trinajstić information content (AvgIpc) is 2.59. The van der Waals surface area contributed by atoms with Gasteiger partial charge in [-0.1, -0.05) is 6.07 Å².